The summed E-state index contributed by atoms with van der Waals surface area (Å²) in [5.41, 5.74) is 6.48. The van der Waals surface area contributed by atoms with E-state index in [2.05, 4.69) is 53.0 Å². The van der Waals surface area contributed by atoms with Gasteiger partial charge in [0.05, 0.1) is 6.04 Å². The van der Waals surface area contributed by atoms with E-state index in [-0.39, 0.29) is 6.04 Å². The van der Waals surface area contributed by atoms with Gasteiger partial charge in [-0.2, -0.15) is 0 Å². The van der Waals surface area contributed by atoms with E-state index in [1.54, 1.807) is 11.3 Å². The van der Waals surface area contributed by atoms with Gasteiger partial charge in [0.1, 0.15) is 0 Å². The second-order valence-corrected chi connectivity index (χ2v) is 5.70. The Morgan fingerprint density at radius 3 is 2.56 bits per heavy atom. The lowest BCUT2D eigenvalue weighted by atomic mass is 10.0. The summed E-state index contributed by atoms with van der Waals surface area (Å²) in [7, 11) is 4.08. The van der Waals surface area contributed by atoms with Crippen molar-refractivity contribution < 1.29 is 0 Å². The van der Waals surface area contributed by atoms with Crippen molar-refractivity contribution in [1.82, 2.24) is 5.43 Å². The molecule has 1 aromatic heterocycles. The number of hydrogen-bond donors (Lipinski definition) is 2. The number of nitrogens with zero attached hydrogens (tertiary/aromatic N) is 1. The Balaban J connectivity index is 2.35. The lowest BCUT2D eigenvalue weighted by Gasteiger charge is -2.19. The summed E-state index contributed by atoms with van der Waals surface area (Å²) in [6, 6.07) is 10.7. The van der Waals surface area contributed by atoms with E-state index >= 15 is 0 Å². The number of hydrazine groups is 1. The predicted molar refractivity (Wildman–Crippen MR) is 79.0 cm³/mol. The molecule has 0 radical (unpaired) electrons. The standard InChI is InChI=1S/C14H19N3S/c1-10-7-12(9-18-10)14(16-15)11-5-4-6-13(8-11)17(2)3/h4-9,14,16H,15H2,1-3H3. The zero-order chi connectivity index (χ0) is 13.1. The molecule has 18 heavy (non-hydrogen) atoms. The third-order valence-corrected chi connectivity index (χ3v) is 3.85. The molecule has 1 unspecified atom stereocenters. The van der Waals surface area contributed by atoms with Gasteiger partial charge in [0.15, 0.2) is 0 Å². The molecule has 2 rings (SSSR count). The Morgan fingerprint density at radius 1 is 1.22 bits per heavy atom. The van der Waals surface area contributed by atoms with Crippen LogP contribution < -0.4 is 16.2 Å². The van der Waals surface area contributed by atoms with Crippen LogP contribution >= 0.6 is 11.3 Å². The highest BCUT2D eigenvalue weighted by Crippen LogP contribution is 2.27. The molecule has 0 spiro atoms. The first kappa shape index (κ1) is 13.1. The van der Waals surface area contributed by atoms with Crippen molar-refractivity contribution in [3.63, 3.8) is 0 Å². The molecule has 3 N–H and O–H groups in total. The highest BCUT2D eigenvalue weighted by atomic mass is 32.1. The molecule has 0 fully saturated rings. The van der Waals surface area contributed by atoms with Gasteiger partial charge in [-0.1, -0.05) is 12.1 Å². The topological polar surface area (TPSA) is 41.3 Å². The van der Waals surface area contributed by atoms with Crippen molar-refractivity contribution in [2.24, 2.45) is 5.84 Å². The van der Waals surface area contributed by atoms with Gasteiger partial charge in [0, 0.05) is 24.7 Å². The van der Waals surface area contributed by atoms with Crippen molar-refractivity contribution in [1.29, 1.82) is 0 Å². The van der Waals surface area contributed by atoms with Crippen LogP contribution in [0.3, 0.4) is 0 Å². The van der Waals surface area contributed by atoms with Crippen LogP contribution in [0.1, 0.15) is 22.0 Å². The number of anilines is 1. The Labute approximate surface area is 112 Å². The molecular formula is C14H19N3S. The molecule has 0 saturated heterocycles. The second kappa shape index (κ2) is 5.52. The van der Waals surface area contributed by atoms with Gasteiger partial charge < -0.3 is 4.90 Å². The first-order valence-electron chi connectivity index (χ1n) is 5.90. The Kier molecular flexibility index (Phi) is 4.01. The van der Waals surface area contributed by atoms with E-state index in [1.165, 1.54) is 21.7 Å². The number of thiophene rings is 1. The fourth-order valence-electron chi connectivity index (χ4n) is 1.98. The number of benzene rings is 1. The number of nitrogens with one attached hydrogen (secondary N) is 1. The summed E-state index contributed by atoms with van der Waals surface area (Å²) in [5, 5.41) is 2.15. The molecular weight excluding hydrogens is 242 g/mol. The Hall–Kier alpha value is -1.36. The van der Waals surface area contributed by atoms with Crippen molar-refractivity contribution in [2.45, 2.75) is 13.0 Å². The second-order valence-electron chi connectivity index (χ2n) is 4.58. The summed E-state index contributed by atoms with van der Waals surface area (Å²) < 4.78 is 0. The van der Waals surface area contributed by atoms with Gasteiger partial charge in [-0.25, -0.2) is 5.43 Å². The van der Waals surface area contributed by atoms with Crippen LogP contribution in [-0.4, -0.2) is 14.1 Å². The molecule has 0 amide bonds. The predicted octanol–water partition coefficient (Wildman–Crippen LogP) is 2.68. The zero-order valence-electron chi connectivity index (χ0n) is 11.0. The molecule has 96 valence electrons. The Bertz CT molecular complexity index is 519. The van der Waals surface area contributed by atoms with Gasteiger partial charge in [-0.05, 0) is 41.6 Å². The summed E-state index contributed by atoms with van der Waals surface area (Å²) in [5.74, 6) is 5.71. The maximum atomic E-state index is 5.71. The molecule has 0 aliphatic carbocycles. The fraction of sp³-hybridized carbons (Fsp3) is 0.286. The van der Waals surface area contributed by atoms with Crippen molar-refractivity contribution in [3.05, 3.63) is 51.7 Å². The number of nitrogens with two attached hydrogens (primary N) is 1. The molecule has 0 bridgehead atoms. The van der Waals surface area contributed by atoms with Crippen LogP contribution in [0, 0.1) is 6.92 Å². The first-order valence-corrected chi connectivity index (χ1v) is 6.78. The van der Waals surface area contributed by atoms with Gasteiger partial charge in [0.25, 0.3) is 0 Å². The van der Waals surface area contributed by atoms with E-state index in [4.69, 9.17) is 5.84 Å². The number of hydrogen-bond acceptors (Lipinski definition) is 4. The number of aryl methyl sites for hydroxylation is 1. The smallest absolute Gasteiger partial charge is 0.0718 e. The first-order chi connectivity index (χ1) is 8.61. The third kappa shape index (κ3) is 2.72. The molecule has 0 aliphatic heterocycles. The maximum absolute atomic E-state index is 5.71. The van der Waals surface area contributed by atoms with Gasteiger partial charge in [-0.3, -0.25) is 5.84 Å². The molecule has 1 atom stereocenters. The maximum Gasteiger partial charge on any atom is 0.0718 e. The van der Waals surface area contributed by atoms with E-state index in [9.17, 15) is 0 Å². The van der Waals surface area contributed by atoms with Crippen molar-refractivity contribution in [3.8, 4) is 0 Å². The van der Waals surface area contributed by atoms with Crippen LogP contribution in [0.15, 0.2) is 35.7 Å². The van der Waals surface area contributed by atoms with Gasteiger partial charge >= 0.3 is 0 Å². The molecule has 0 aliphatic rings. The quantitative estimate of drug-likeness (QED) is 0.657. The summed E-state index contributed by atoms with van der Waals surface area (Å²) >= 11 is 1.75. The van der Waals surface area contributed by atoms with Crippen molar-refractivity contribution >= 4 is 17.0 Å². The van der Waals surface area contributed by atoms with Crippen LogP contribution in [0.5, 0.6) is 0 Å². The Morgan fingerprint density at radius 2 is 2.00 bits per heavy atom. The van der Waals surface area contributed by atoms with E-state index in [0.717, 1.165) is 0 Å². The van der Waals surface area contributed by atoms with Crippen LogP contribution in [0.2, 0.25) is 0 Å². The highest BCUT2D eigenvalue weighted by molar-refractivity contribution is 7.10. The highest BCUT2D eigenvalue weighted by Gasteiger charge is 2.14. The monoisotopic (exact) mass is 261 g/mol. The van der Waals surface area contributed by atoms with Crippen LogP contribution in [0.4, 0.5) is 5.69 Å². The largest absolute Gasteiger partial charge is 0.378 e. The minimum Gasteiger partial charge on any atom is -0.378 e. The minimum atomic E-state index is 0.0508. The summed E-state index contributed by atoms with van der Waals surface area (Å²) in [6.45, 7) is 2.11. The SMILES string of the molecule is Cc1cc(C(NN)c2cccc(N(C)C)c2)cs1. The molecule has 3 nitrogen and oxygen atoms in total. The molecule has 1 aromatic carbocycles. The van der Waals surface area contributed by atoms with Gasteiger partial charge in [-0.15, -0.1) is 11.3 Å². The van der Waals surface area contributed by atoms with Crippen LogP contribution in [-0.2, 0) is 0 Å². The third-order valence-electron chi connectivity index (χ3n) is 2.97. The number of rotatable bonds is 4. The van der Waals surface area contributed by atoms with E-state index in [1.807, 2.05) is 14.1 Å². The van der Waals surface area contributed by atoms with E-state index in [0.29, 0.717) is 0 Å². The summed E-state index contributed by atoms with van der Waals surface area (Å²) in [6.07, 6.45) is 0. The average Bonchev–Trinajstić information content (AvgIpc) is 2.77. The molecule has 0 saturated carbocycles. The molecule has 2 aromatic rings. The van der Waals surface area contributed by atoms with E-state index < -0.39 is 0 Å². The minimum absolute atomic E-state index is 0.0508. The van der Waals surface area contributed by atoms with Crippen molar-refractivity contribution in [2.75, 3.05) is 19.0 Å². The normalized spacial score (nSPS) is 12.4. The zero-order valence-corrected chi connectivity index (χ0v) is 11.8. The lowest BCUT2D eigenvalue weighted by molar-refractivity contribution is 0.638. The molecule has 4 heteroatoms. The average molecular weight is 261 g/mol. The molecule has 1 heterocycles. The summed E-state index contributed by atoms with van der Waals surface area (Å²) in [4.78, 5) is 3.39. The fourth-order valence-corrected chi connectivity index (χ4v) is 2.71. The lowest BCUT2D eigenvalue weighted by Crippen LogP contribution is -2.28. The van der Waals surface area contributed by atoms with Gasteiger partial charge in [0.2, 0.25) is 0 Å². The van der Waals surface area contributed by atoms with Crippen LogP contribution in [0.25, 0.3) is 0 Å².